The maximum absolute atomic E-state index is 13.0. The summed E-state index contributed by atoms with van der Waals surface area (Å²) in [5, 5.41) is 2.38. The van der Waals surface area contributed by atoms with Gasteiger partial charge in [-0.25, -0.2) is 4.39 Å². The minimum absolute atomic E-state index is 0. The Hall–Kier alpha value is -1.34. The zero-order chi connectivity index (χ0) is 14.8. The fourth-order valence-electron chi connectivity index (χ4n) is 1.29. The molecule has 0 radical (unpaired) electrons. The van der Waals surface area contributed by atoms with Gasteiger partial charge in [0.15, 0.2) is 0 Å². The number of hydrogen-bond acceptors (Lipinski definition) is 2. The first kappa shape index (κ1) is 18.7. The van der Waals surface area contributed by atoms with Gasteiger partial charge in [-0.15, -0.1) is 12.4 Å². The average Bonchev–Trinajstić information content (AvgIpc) is 2.24. The third-order valence-corrected chi connectivity index (χ3v) is 2.24. The molecule has 0 fully saturated rings. The Labute approximate surface area is 119 Å². The number of carbonyl (C=O) groups is 1. The first-order valence-electron chi connectivity index (χ1n) is 5.44. The van der Waals surface area contributed by atoms with Gasteiger partial charge in [-0.1, -0.05) is 0 Å². The fraction of sp³-hybridized carbons (Fsp3) is 0.417. The molecule has 0 saturated carbocycles. The number of carbonyl (C=O) groups excluding carboxylic acids is 1. The van der Waals surface area contributed by atoms with E-state index >= 15 is 0 Å². The van der Waals surface area contributed by atoms with Gasteiger partial charge in [-0.3, -0.25) is 4.79 Å². The number of benzene rings is 1. The number of alkyl halides is 3. The van der Waals surface area contributed by atoms with E-state index in [1.165, 1.54) is 0 Å². The smallest absolute Gasteiger partial charge is 0.350 e. The predicted octanol–water partition coefficient (Wildman–Crippen LogP) is 2.73. The van der Waals surface area contributed by atoms with E-state index in [1.807, 2.05) is 0 Å². The molecule has 20 heavy (non-hydrogen) atoms. The number of hydrogen-bond donors (Lipinski definition) is 2. The third kappa shape index (κ3) is 5.34. The molecule has 1 aromatic carbocycles. The molecule has 8 heteroatoms. The summed E-state index contributed by atoms with van der Waals surface area (Å²) in [4.78, 5) is 11.6. The second-order valence-electron chi connectivity index (χ2n) is 4.86. The van der Waals surface area contributed by atoms with Gasteiger partial charge in [0.1, 0.15) is 5.82 Å². The Bertz CT molecular complexity index is 483. The standard InChI is InChI=1S/C12H14F4N2O.ClH/c1-11(2,17)6-18-10(19)7-3-4-9(13)8(5-7)12(14,15)16;/h3-5H,6,17H2,1-2H3,(H,18,19);1H. The van der Waals surface area contributed by atoms with Crippen LogP contribution in [0.15, 0.2) is 18.2 Å². The van der Waals surface area contributed by atoms with Crippen molar-refractivity contribution in [2.24, 2.45) is 5.73 Å². The molecule has 0 aliphatic carbocycles. The van der Waals surface area contributed by atoms with Crippen LogP contribution in [0.2, 0.25) is 0 Å². The highest BCUT2D eigenvalue weighted by Crippen LogP contribution is 2.31. The van der Waals surface area contributed by atoms with Crippen LogP contribution in [0.1, 0.15) is 29.8 Å². The third-order valence-electron chi connectivity index (χ3n) is 2.24. The zero-order valence-electron chi connectivity index (χ0n) is 10.8. The second kappa shape index (κ2) is 6.41. The van der Waals surface area contributed by atoms with Gasteiger partial charge in [-0.2, -0.15) is 13.2 Å². The van der Waals surface area contributed by atoms with Gasteiger partial charge in [0, 0.05) is 17.6 Å². The Morgan fingerprint density at radius 2 is 1.85 bits per heavy atom. The maximum atomic E-state index is 13.0. The summed E-state index contributed by atoms with van der Waals surface area (Å²) in [5.41, 5.74) is 3.21. The molecule has 3 nitrogen and oxygen atoms in total. The van der Waals surface area contributed by atoms with Crippen LogP contribution in [-0.2, 0) is 6.18 Å². The largest absolute Gasteiger partial charge is 0.419 e. The van der Waals surface area contributed by atoms with E-state index < -0.39 is 29.0 Å². The van der Waals surface area contributed by atoms with Crippen LogP contribution in [-0.4, -0.2) is 18.0 Å². The summed E-state index contributed by atoms with van der Waals surface area (Å²) >= 11 is 0. The number of nitrogens with two attached hydrogens (primary N) is 1. The monoisotopic (exact) mass is 314 g/mol. The minimum Gasteiger partial charge on any atom is -0.350 e. The Morgan fingerprint density at radius 3 is 2.30 bits per heavy atom. The van der Waals surface area contributed by atoms with E-state index in [-0.39, 0.29) is 24.5 Å². The summed E-state index contributed by atoms with van der Waals surface area (Å²) in [6.45, 7) is 3.39. The van der Waals surface area contributed by atoms with Crippen LogP contribution in [0.4, 0.5) is 17.6 Å². The Kier molecular flexibility index (Phi) is 5.98. The van der Waals surface area contributed by atoms with Crippen LogP contribution in [0.3, 0.4) is 0 Å². The molecule has 0 unspecified atom stereocenters. The lowest BCUT2D eigenvalue weighted by molar-refractivity contribution is -0.140. The van der Waals surface area contributed by atoms with Crippen LogP contribution < -0.4 is 11.1 Å². The van der Waals surface area contributed by atoms with Crippen molar-refractivity contribution in [3.8, 4) is 0 Å². The van der Waals surface area contributed by atoms with Crippen molar-refractivity contribution in [2.45, 2.75) is 25.6 Å². The Balaban J connectivity index is 0.00000361. The highest BCUT2D eigenvalue weighted by molar-refractivity contribution is 5.94. The van der Waals surface area contributed by atoms with Crippen molar-refractivity contribution in [3.63, 3.8) is 0 Å². The van der Waals surface area contributed by atoms with Crippen LogP contribution in [0, 0.1) is 5.82 Å². The predicted molar refractivity (Wildman–Crippen MR) is 69.2 cm³/mol. The minimum atomic E-state index is -4.84. The van der Waals surface area contributed by atoms with Crippen molar-refractivity contribution in [2.75, 3.05) is 6.54 Å². The van der Waals surface area contributed by atoms with Crippen LogP contribution in [0.5, 0.6) is 0 Å². The normalized spacial score (nSPS) is 11.8. The second-order valence-corrected chi connectivity index (χ2v) is 4.86. The molecule has 0 aromatic heterocycles. The molecule has 1 aromatic rings. The first-order chi connectivity index (χ1) is 8.50. The van der Waals surface area contributed by atoms with E-state index in [2.05, 4.69) is 5.32 Å². The molecule has 0 aliphatic heterocycles. The molecule has 1 rings (SSSR count). The molecule has 0 spiro atoms. The number of amides is 1. The van der Waals surface area contributed by atoms with Gasteiger partial charge in [0.2, 0.25) is 0 Å². The summed E-state index contributed by atoms with van der Waals surface area (Å²) < 4.78 is 50.5. The molecule has 3 N–H and O–H groups in total. The van der Waals surface area contributed by atoms with E-state index in [0.717, 1.165) is 6.07 Å². The van der Waals surface area contributed by atoms with Gasteiger partial charge in [-0.05, 0) is 32.0 Å². The van der Waals surface area contributed by atoms with E-state index in [0.29, 0.717) is 12.1 Å². The van der Waals surface area contributed by atoms with Crippen molar-refractivity contribution >= 4 is 18.3 Å². The zero-order valence-corrected chi connectivity index (χ0v) is 11.7. The molecule has 0 bridgehead atoms. The summed E-state index contributed by atoms with van der Waals surface area (Å²) in [5.74, 6) is -2.15. The average molecular weight is 315 g/mol. The number of halogens is 5. The van der Waals surface area contributed by atoms with Gasteiger partial charge in [0.25, 0.3) is 5.91 Å². The van der Waals surface area contributed by atoms with Crippen molar-refractivity contribution < 1.29 is 22.4 Å². The lowest BCUT2D eigenvalue weighted by Gasteiger charge is -2.19. The van der Waals surface area contributed by atoms with Crippen LogP contribution in [0.25, 0.3) is 0 Å². The highest BCUT2D eigenvalue weighted by Gasteiger charge is 2.34. The van der Waals surface area contributed by atoms with Crippen molar-refractivity contribution in [3.05, 3.63) is 35.1 Å². The molecule has 114 valence electrons. The maximum Gasteiger partial charge on any atom is 0.419 e. The quantitative estimate of drug-likeness (QED) is 0.843. The number of nitrogens with one attached hydrogen (secondary N) is 1. The van der Waals surface area contributed by atoms with Gasteiger partial charge < -0.3 is 11.1 Å². The molecule has 0 aliphatic rings. The molecule has 0 saturated heterocycles. The lowest BCUT2D eigenvalue weighted by atomic mass is 10.1. The molecule has 1 amide bonds. The van der Waals surface area contributed by atoms with Crippen molar-refractivity contribution in [1.29, 1.82) is 0 Å². The first-order valence-corrected chi connectivity index (χ1v) is 5.44. The SMILES string of the molecule is CC(C)(N)CNC(=O)c1ccc(F)c(C(F)(F)F)c1.Cl. The van der Waals surface area contributed by atoms with Crippen molar-refractivity contribution in [1.82, 2.24) is 5.32 Å². The Morgan fingerprint density at radius 1 is 1.30 bits per heavy atom. The summed E-state index contributed by atoms with van der Waals surface area (Å²) in [6, 6.07) is 2.09. The molecular formula is C12H15ClF4N2O. The number of rotatable bonds is 3. The summed E-state index contributed by atoms with van der Waals surface area (Å²) in [6.07, 6.45) is -4.84. The van der Waals surface area contributed by atoms with Crippen LogP contribution >= 0.6 is 12.4 Å². The lowest BCUT2D eigenvalue weighted by Crippen LogP contribution is -2.45. The van der Waals surface area contributed by atoms with Gasteiger partial charge >= 0.3 is 6.18 Å². The fourth-order valence-corrected chi connectivity index (χ4v) is 1.29. The molecule has 0 atom stereocenters. The van der Waals surface area contributed by atoms with E-state index in [1.54, 1.807) is 13.8 Å². The van der Waals surface area contributed by atoms with E-state index in [9.17, 15) is 22.4 Å². The topological polar surface area (TPSA) is 55.1 Å². The molecule has 0 heterocycles. The molecular weight excluding hydrogens is 300 g/mol. The summed E-state index contributed by atoms with van der Waals surface area (Å²) in [7, 11) is 0. The van der Waals surface area contributed by atoms with Gasteiger partial charge in [0.05, 0.1) is 5.56 Å². The highest BCUT2D eigenvalue weighted by atomic mass is 35.5. The van der Waals surface area contributed by atoms with E-state index in [4.69, 9.17) is 5.73 Å².